The van der Waals surface area contributed by atoms with E-state index in [1.807, 2.05) is 6.92 Å². The number of rotatable bonds is 3. The number of hydrogen-bond acceptors (Lipinski definition) is 2. The third-order valence-corrected chi connectivity index (χ3v) is 3.73. The number of benzene rings is 1. The molecule has 0 bridgehead atoms. The van der Waals surface area contributed by atoms with Gasteiger partial charge in [-0.15, -0.1) is 0 Å². The molecule has 1 heterocycles. The molecule has 21 heavy (non-hydrogen) atoms. The van der Waals surface area contributed by atoms with Crippen LogP contribution in [-0.4, -0.2) is 22.6 Å². The zero-order valence-electron chi connectivity index (χ0n) is 12.3. The molecular weight excluding hydrogens is 281 g/mol. The van der Waals surface area contributed by atoms with Gasteiger partial charge in [-0.1, -0.05) is 31.2 Å². The minimum Gasteiger partial charge on any atom is -0.287 e. The van der Waals surface area contributed by atoms with Gasteiger partial charge in [0, 0.05) is 12.0 Å². The van der Waals surface area contributed by atoms with Crippen molar-refractivity contribution in [2.45, 2.75) is 51.4 Å². The van der Waals surface area contributed by atoms with E-state index in [1.54, 1.807) is 32.0 Å². The van der Waals surface area contributed by atoms with Crippen LogP contribution in [-0.2, 0) is 11.2 Å². The highest BCUT2D eigenvalue weighted by molar-refractivity contribution is 5.79. The van der Waals surface area contributed by atoms with E-state index in [-0.39, 0.29) is 17.9 Å². The van der Waals surface area contributed by atoms with Crippen LogP contribution in [0.3, 0.4) is 0 Å². The van der Waals surface area contributed by atoms with E-state index in [0.717, 1.165) is 10.6 Å². The Kier molecular flexibility index (Phi) is 4.02. The molecular formula is C15H19F3N2O. The summed E-state index contributed by atoms with van der Waals surface area (Å²) < 4.78 is 40.7. The van der Waals surface area contributed by atoms with Gasteiger partial charge in [0.15, 0.2) is 6.04 Å². The number of aryl methyl sites for hydroxylation is 1. The largest absolute Gasteiger partial charge is 0.409 e. The first kappa shape index (κ1) is 15.8. The first-order valence-corrected chi connectivity index (χ1v) is 6.89. The van der Waals surface area contributed by atoms with Crippen molar-refractivity contribution in [3.63, 3.8) is 0 Å². The third kappa shape index (κ3) is 3.20. The molecule has 0 saturated carbocycles. The number of alkyl halides is 3. The first-order chi connectivity index (χ1) is 9.65. The van der Waals surface area contributed by atoms with Gasteiger partial charge in [0.05, 0.1) is 0 Å². The number of amides is 1. The van der Waals surface area contributed by atoms with E-state index in [2.05, 4.69) is 5.43 Å². The highest BCUT2D eigenvalue weighted by Crippen LogP contribution is 2.42. The van der Waals surface area contributed by atoms with Crippen molar-refractivity contribution in [3.8, 4) is 0 Å². The van der Waals surface area contributed by atoms with Gasteiger partial charge in [0.1, 0.15) is 0 Å². The van der Waals surface area contributed by atoms with E-state index >= 15 is 0 Å². The Bertz CT molecular complexity index is 540. The Balaban J connectivity index is 2.47. The van der Waals surface area contributed by atoms with Gasteiger partial charge < -0.3 is 0 Å². The molecule has 2 rings (SSSR count). The fourth-order valence-corrected chi connectivity index (χ4v) is 2.68. The first-order valence-electron chi connectivity index (χ1n) is 6.89. The van der Waals surface area contributed by atoms with Gasteiger partial charge >= 0.3 is 6.18 Å². The number of carbonyl (C=O) groups is 1. The summed E-state index contributed by atoms with van der Waals surface area (Å²) in [6.07, 6.45) is -3.76. The number of halogens is 3. The highest BCUT2D eigenvalue weighted by atomic mass is 19.4. The molecule has 3 nitrogen and oxygen atoms in total. The molecule has 0 spiro atoms. The summed E-state index contributed by atoms with van der Waals surface area (Å²) in [5, 5.41) is 1.03. The van der Waals surface area contributed by atoms with Crippen LogP contribution in [0.2, 0.25) is 0 Å². The van der Waals surface area contributed by atoms with Gasteiger partial charge in [-0.2, -0.15) is 18.2 Å². The third-order valence-electron chi connectivity index (χ3n) is 3.73. The minimum absolute atomic E-state index is 0.0487. The summed E-state index contributed by atoms with van der Waals surface area (Å²) in [5.41, 5.74) is 2.46. The summed E-state index contributed by atoms with van der Waals surface area (Å²) >= 11 is 0. The molecule has 1 fully saturated rings. The molecule has 1 aromatic carbocycles. The Morgan fingerprint density at radius 1 is 1.38 bits per heavy atom. The van der Waals surface area contributed by atoms with E-state index in [9.17, 15) is 18.0 Å². The molecule has 1 saturated heterocycles. The Hall–Kier alpha value is -1.56. The summed E-state index contributed by atoms with van der Waals surface area (Å²) in [6.45, 7) is 5.16. The van der Waals surface area contributed by atoms with Gasteiger partial charge in [0.25, 0.3) is 0 Å². The van der Waals surface area contributed by atoms with E-state index in [4.69, 9.17) is 0 Å². The molecule has 0 aliphatic carbocycles. The van der Waals surface area contributed by atoms with Crippen molar-refractivity contribution in [1.82, 2.24) is 10.4 Å². The van der Waals surface area contributed by atoms with Crippen LogP contribution < -0.4 is 5.43 Å². The van der Waals surface area contributed by atoms with Crippen LogP contribution in [0.15, 0.2) is 24.3 Å². The van der Waals surface area contributed by atoms with Crippen LogP contribution >= 0.6 is 0 Å². The zero-order chi connectivity index (χ0) is 15.8. The lowest BCUT2D eigenvalue weighted by atomic mass is 9.96. The predicted molar refractivity (Wildman–Crippen MR) is 73.3 cm³/mol. The second-order valence-electron chi connectivity index (χ2n) is 5.94. The minimum atomic E-state index is -4.47. The van der Waals surface area contributed by atoms with E-state index in [1.165, 1.54) is 6.07 Å². The topological polar surface area (TPSA) is 32.3 Å². The fourth-order valence-electron chi connectivity index (χ4n) is 2.68. The van der Waals surface area contributed by atoms with Crippen molar-refractivity contribution >= 4 is 5.91 Å². The van der Waals surface area contributed by atoms with Crippen molar-refractivity contribution < 1.29 is 18.0 Å². The molecule has 1 amide bonds. The van der Waals surface area contributed by atoms with Crippen molar-refractivity contribution in [3.05, 3.63) is 35.4 Å². The average Bonchev–Trinajstić information content (AvgIpc) is 2.61. The summed E-state index contributed by atoms with van der Waals surface area (Å²) in [7, 11) is 0. The van der Waals surface area contributed by atoms with Crippen LogP contribution in [0.1, 0.15) is 44.4 Å². The van der Waals surface area contributed by atoms with Gasteiger partial charge in [-0.05, 0) is 31.4 Å². The lowest BCUT2D eigenvalue weighted by Crippen LogP contribution is -2.51. The van der Waals surface area contributed by atoms with Crippen molar-refractivity contribution in [2.75, 3.05) is 0 Å². The smallest absolute Gasteiger partial charge is 0.287 e. The maximum atomic E-state index is 13.6. The molecule has 1 aliphatic heterocycles. The summed E-state index contributed by atoms with van der Waals surface area (Å²) in [6, 6.07) is 4.59. The predicted octanol–water partition coefficient (Wildman–Crippen LogP) is 3.37. The molecule has 0 radical (unpaired) electrons. The highest BCUT2D eigenvalue weighted by Gasteiger charge is 2.52. The zero-order valence-corrected chi connectivity index (χ0v) is 12.3. The maximum absolute atomic E-state index is 13.6. The number of nitrogens with one attached hydrogen (secondary N) is 1. The van der Waals surface area contributed by atoms with Crippen LogP contribution in [0.25, 0.3) is 0 Å². The summed E-state index contributed by atoms with van der Waals surface area (Å²) in [4.78, 5) is 11.5. The standard InChI is InChI=1S/C15H19F3N2O/c1-4-10-6-5-7-11(8-10)13(15(16,17)18)20-14(2,3)9-12(21)19-20/h5-8,13H,4,9H2,1-3H3,(H,19,21). The normalized spacial score (nSPS) is 20.4. The van der Waals surface area contributed by atoms with E-state index in [0.29, 0.717) is 6.42 Å². The monoisotopic (exact) mass is 300 g/mol. The van der Waals surface area contributed by atoms with Crippen LogP contribution in [0.4, 0.5) is 13.2 Å². The molecule has 1 atom stereocenters. The molecule has 0 aromatic heterocycles. The molecule has 116 valence electrons. The average molecular weight is 300 g/mol. The quantitative estimate of drug-likeness (QED) is 0.928. The van der Waals surface area contributed by atoms with Crippen molar-refractivity contribution in [1.29, 1.82) is 0 Å². The fraction of sp³-hybridized carbons (Fsp3) is 0.533. The van der Waals surface area contributed by atoms with Gasteiger partial charge in [0.2, 0.25) is 5.91 Å². The molecule has 1 unspecified atom stereocenters. The molecule has 1 N–H and O–H groups in total. The Morgan fingerprint density at radius 2 is 2.05 bits per heavy atom. The van der Waals surface area contributed by atoms with Crippen molar-refractivity contribution in [2.24, 2.45) is 0 Å². The lowest BCUT2D eigenvalue weighted by Gasteiger charge is -2.38. The summed E-state index contributed by atoms with van der Waals surface area (Å²) in [5.74, 6) is -0.388. The van der Waals surface area contributed by atoms with Gasteiger partial charge in [-0.25, -0.2) is 0 Å². The number of hydrazine groups is 1. The second-order valence-corrected chi connectivity index (χ2v) is 5.94. The number of carbonyl (C=O) groups excluding carboxylic acids is 1. The Labute approximate surface area is 122 Å². The molecule has 6 heteroatoms. The lowest BCUT2D eigenvalue weighted by molar-refractivity contribution is -0.203. The molecule has 1 aromatic rings. The molecule has 1 aliphatic rings. The van der Waals surface area contributed by atoms with E-state index < -0.39 is 17.8 Å². The number of nitrogens with zero attached hydrogens (tertiary/aromatic N) is 1. The maximum Gasteiger partial charge on any atom is 0.409 e. The Morgan fingerprint density at radius 3 is 2.52 bits per heavy atom. The second kappa shape index (κ2) is 5.33. The van der Waals surface area contributed by atoms with Crippen LogP contribution in [0, 0.1) is 0 Å². The van der Waals surface area contributed by atoms with Crippen LogP contribution in [0.5, 0.6) is 0 Å². The van der Waals surface area contributed by atoms with Gasteiger partial charge in [-0.3, -0.25) is 10.2 Å². The number of hydrogen-bond donors (Lipinski definition) is 1. The SMILES string of the molecule is CCc1cccc(C(N2NC(=O)CC2(C)C)C(F)(F)F)c1.